The van der Waals surface area contributed by atoms with E-state index < -0.39 is 11.9 Å². The van der Waals surface area contributed by atoms with E-state index in [4.69, 9.17) is 4.74 Å². The second-order valence-corrected chi connectivity index (χ2v) is 4.59. The molecule has 0 aromatic carbocycles. The molecule has 1 aromatic rings. The van der Waals surface area contributed by atoms with Crippen molar-refractivity contribution in [3.63, 3.8) is 0 Å². The minimum Gasteiger partial charge on any atom is -0.379 e. The number of aromatic nitrogens is 2. The van der Waals surface area contributed by atoms with Crippen LogP contribution in [0.15, 0.2) is 6.07 Å². The highest BCUT2D eigenvalue weighted by Gasteiger charge is 2.34. The summed E-state index contributed by atoms with van der Waals surface area (Å²) in [5.74, 6) is 0. The van der Waals surface area contributed by atoms with Crippen LogP contribution < -0.4 is 5.32 Å². The fourth-order valence-electron chi connectivity index (χ4n) is 1.54. The van der Waals surface area contributed by atoms with Gasteiger partial charge in [0.05, 0.1) is 11.8 Å². The summed E-state index contributed by atoms with van der Waals surface area (Å²) in [6.45, 7) is 5.62. The van der Waals surface area contributed by atoms with Crippen LogP contribution in [0.4, 0.5) is 13.2 Å². The summed E-state index contributed by atoms with van der Waals surface area (Å²) in [6, 6.07) is 1.07. The van der Waals surface area contributed by atoms with Gasteiger partial charge >= 0.3 is 6.18 Å². The van der Waals surface area contributed by atoms with E-state index in [1.165, 1.54) is 11.7 Å². The SMILES string of the molecule is CC(C)OCCCNCc1cc(C(F)(F)F)nn1C.Cl. The predicted molar refractivity (Wildman–Crippen MR) is 72.9 cm³/mol. The lowest BCUT2D eigenvalue weighted by molar-refractivity contribution is -0.141. The van der Waals surface area contributed by atoms with Gasteiger partial charge in [-0.1, -0.05) is 0 Å². The summed E-state index contributed by atoms with van der Waals surface area (Å²) in [7, 11) is 1.51. The fraction of sp³-hybridized carbons (Fsp3) is 0.750. The van der Waals surface area contributed by atoms with E-state index in [0.29, 0.717) is 25.4 Å². The van der Waals surface area contributed by atoms with Crippen LogP contribution >= 0.6 is 12.4 Å². The van der Waals surface area contributed by atoms with Crippen LogP contribution in [0.1, 0.15) is 31.7 Å². The lowest BCUT2D eigenvalue weighted by Gasteiger charge is -2.08. The van der Waals surface area contributed by atoms with Crippen molar-refractivity contribution in [2.75, 3.05) is 13.2 Å². The Kier molecular flexibility index (Phi) is 8.15. The maximum Gasteiger partial charge on any atom is 0.435 e. The Morgan fingerprint density at radius 2 is 2.05 bits per heavy atom. The third-order valence-electron chi connectivity index (χ3n) is 2.52. The van der Waals surface area contributed by atoms with E-state index in [0.717, 1.165) is 12.5 Å². The first kappa shape index (κ1) is 19.2. The molecule has 0 radical (unpaired) electrons. The fourth-order valence-corrected chi connectivity index (χ4v) is 1.54. The molecule has 0 aliphatic heterocycles. The average molecular weight is 316 g/mol. The highest BCUT2D eigenvalue weighted by atomic mass is 35.5. The number of halogens is 4. The molecule has 20 heavy (non-hydrogen) atoms. The van der Waals surface area contributed by atoms with Gasteiger partial charge in [0, 0.05) is 20.2 Å². The van der Waals surface area contributed by atoms with Crippen LogP contribution in [0.3, 0.4) is 0 Å². The van der Waals surface area contributed by atoms with Crippen molar-refractivity contribution < 1.29 is 17.9 Å². The molecule has 0 amide bonds. The highest BCUT2D eigenvalue weighted by Crippen LogP contribution is 2.28. The molecular formula is C12H21ClF3N3O. The Hall–Kier alpha value is -0.790. The van der Waals surface area contributed by atoms with E-state index in [2.05, 4.69) is 10.4 Å². The van der Waals surface area contributed by atoms with E-state index in [1.54, 1.807) is 0 Å². The number of aryl methyl sites for hydroxylation is 1. The summed E-state index contributed by atoms with van der Waals surface area (Å²) in [5.41, 5.74) is -0.341. The summed E-state index contributed by atoms with van der Waals surface area (Å²) in [6.07, 6.45) is -3.37. The molecule has 1 aromatic heterocycles. The molecule has 0 spiro atoms. The van der Waals surface area contributed by atoms with Crippen molar-refractivity contribution in [2.45, 2.75) is 39.1 Å². The van der Waals surface area contributed by atoms with Gasteiger partial charge in [-0.3, -0.25) is 4.68 Å². The Morgan fingerprint density at radius 1 is 1.40 bits per heavy atom. The van der Waals surface area contributed by atoms with Crippen molar-refractivity contribution >= 4 is 12.4 Å². The Morgan fingerprint density at radius 3 is 2.55 bits per heavy atom. The molecule has 1 rings (SSSR count). The van der Waals surface area contributed by atoms with Gasteiger partial charge < -0.3 is 10.1 Å². The van der Waals surface area contributed by atoms with Gasteiger partial charge in [0.25, 0.3) is 0 Å². The standard InChI is InChI=1S/C12H20F3N3O.ClH/c1-9(2)19-6-4-5-16-8-10-7-11(12(13,14)15)17-18(10)3;/h7,9,16H,4-6,8H2,1-3H3;1H. The molecule has 0 aliphatic carbocycles. The predicted octanol–water partition coefficient (Wildman–Crippen LogP) is 2.77. The quantitative estimate of drug-likeness (QED) is 0.786. The first-order valence-electron chi connectivity index (χ1n) is 6.23. The lowest BCUT2D eigenvalue weighted by Crippen LogP contribution is -2.18. The summed E-state index contributed by atoms with van der Waals surface area (Å²) in [5, 5.41) is 6.52. The van der Waals surface area contributed by atoms with Crippen LogP contribution in [0.2, 0.25) is 0 Å². The first-order valence-corrected chi connectivity index (χ1v) is 6.23. The zero-order chi connectivity index (χ0) is 14.5. The molecule has 0 unspecified atom stereocenters. The van der Waals surface area contributed by atoms with Gasteiger partial charge in [0.15, 0.2) is 5.69 Å². The van der Waals surface area contributed by atoms with Crippen LogP contribution in [-0.4, -0.2) is 29.0 Å². The second-order valence-electron chi connectivity index (χ2n) is 4.59. The normalized spacial score (nSPS) is 11.8. The smallest absolute Gasteiger partial charge is 0.379 e. The number of nitrogens with one attached hydrogen (secondary N) is 1. The first-order chi connectivity index (χ1) is 8.80. The third-order valence-corrected chi connectivity index (χ3v) is 2.52. The molecule has 4 nitrogen and oxygen atoms in total. The third kappa shape index (κ3) is 6.58. The number of ether oxygens (including phenoxy) is 1. The second kappa shape index (κ2) is 8.49. The minimum atomic E-state index is -4.39. The zero-order valence-electron chi connectivity index (χ0n) is 11.8. The maximum atomic E-state index is 12.4. The van der Waals surface area contributed by atoms with Gasteiger partial charge in [-0.15, -0.1) is 12.4 Å². The number of hydrogen-bond acceptors (Lipinski definition) is 3. The van der Waals surface area contributed by atoms with E-state index >= 15 is 0 Å². The van der Waals surface area contributed by atoms with Crippen LogP contribution in [0, 0.1) is 0 Å². The van der Waals surface area contributed by atoms with Crippen LogP contribution in [0.5, 0.6) is 0 Å². The molecule has 0 atom stereocenters. The molecule has 0 aliphatic rings. The Bertz CT molecular complexity index is 394. The van der Waals surface area contributed by atoms with Gasteiger partial charge in [0.1, 0.15) is 0 Å². The van der Waals surface area contributed by atoms with Gasteiger partial charge in [-0.2, -0.15) is 18.3 Å². The molecule has 8 heteroatoms. The van der Waals surface area contributed by atoms with Crippen LogP contribution in [-0.2, 0) is 24.5 Å². The van der Waals surface area contributed by atoms with Gasteiger partial charge in [-0.25, -0.2) is 0 Å². The highest BCUT2D eigenvalue weighted by molar-refractivity contribution is 5.85. The Labute approximate surface area is 123 Å². The molecule has 1 heterocycles. The number of nitrogens with zero attached hydrogens (tertiary/aromatic N) is 2. The summed E-state index contributed by atoms with van der Waals surface area (Å²) in [4.78, 5) is 0. The average Bonchev–Trinajstić information content (AvgIpc) is 2.64. The lowest BCUT2D eigenvalue weighted by atomic mass is 10.3. The van der Waals surface area contributed by atoms with Crippen LogP contribution in [0.25, 0.3) is 0 Å². The molecule has 0 saturated carbocycles. The van der Waals surface area contributed by atoms with Crippen molar-refractivity contribution in [1.29, 1.82) is 0 Å². The Balaban J connectivity index is 0.00000361. The number of hydrogen-bond donors (Lipinski definition) is 1. The van der Waals surface area contributed by atoms with E-state index in [9.17, 15) is 13.2 Å². The molecule has 118 valence electrons. The monoisotopic (exact) mass is 315 g/mol. The van der Waals surface area contributed by atoms with Gasteiger partial charge in [0.2, 0.25) is 0 Å². The molecule has 0 fully saturated rings. The molecule has 1 N–H and O–H groups in total. The van der Waals surface area contributed by atoms with Crippen molar-refractivity contribution in [3.8, 4) is 0 Å². The van der Waals surface area contributed by atoms with Crippen molar-refractivity contribution in [2.24, 2.45) is 7.05 Å². The minimum absolute atomic E-state index is 0. The maximum absolute atomic E-state index is 12.4. The zero-order valence-corrected chi connectivity index (χ0v) is 12.6. The molecule has 0 saturated heterocycles. The largest absolute Gasteiger partial charge is 0.435 e. The van der Waals surface area contributed by atoms with Gasteiger partial charge in [-0.05, 0) is 32.9 Å². The number of rotatable bonds is 7. The van der Waals surface area contributed by atoms with E-state index in [-0.39, 0.29) is 18.5 Å². The summed E-state index contributed by atoms with van der Waals surface area (Å²) >= 11 is 0. The number of alkyl halides is 3. The summed E-state index contributed by atoms with van der Waals surface area (Å²) < 4.78 is 43.9. The van der Waals surface area contributed by atoms with E-state index in [1.807, 2.05) is 13.8 Å². The van der Waals surface area contributed by atoms with Crippen molar-refractivity contribution in [3.05, 3.63) is 17.5 Å². The topological polar surface area (TPSA) is 39.1 Å². The molecular weight excluding hydrogens is 295 g/mol. The van der Waals surface area contributed by atoms with Crippen molar-refractivity contribution in [1.82, 2.24) is 15.1 Å². The molecule has 0 bridgehead atoms.